The molecular formula is C15H21N3O2. The Kier molecular flexibility index (Phi) is 4.39. The first-order valence-corrected chi connectivity index (χ1v) is 6.86. The molecule has 0 aliphatic rings. The first-order chi connectivity index (χ1) is 9.63. The second kappa shape index (κ2) is 6.05. The minimum absolute atomic E-state index is 0.455. The number of nitrogens with zero attached hydrogens (tertiary/aromatic N) is 2. The molecule has 0 bridgehead atoms. The normalized spacial score (nSPS) is 11.8. The summed E-state index contributed by atoms with van der Waals surface area (Å²) in [6, 6.07) is 7.65. The Hall–Kier alpha value is -1.88. The maximum Gasteiger partial charge on any atom is 0.231 e. The number of aromatic nitrogens is 2. The van der Waals surface area contributed by atoms with Gasteiger partial charge >= 0.3 is 0 Å². The Morgan fingerprint density at radius 2 is 1.85 bits per heavy atom. The zero-order valence-corrected chi connectivity index (χ0v) is 12.2. The summed E-state index contributed by atoms with van der Waals surface area (Å²) in [6.45, 7) is 4.12. The predicted octanol–water partition coefficient (Wildman–Crippen LogP) is 2.90. The molecule has 0 radical (unpaired) electrons. The number of hydrogen-bond donors (Lipinski definition) is 1. The SMILES string of the molecule is CCC(CC)(OC)c1noc(Cc2ccc(N)cc2)n1. The summed E-state index contributed by atoms with van der Waals surface area (Å²) in [5.41, 5.74) is 7.05. The summed E-state index contributed by atoms with van der Waals surface area (Å²) in [5, 5.41) is 4.08. The van der Waals surface area contributed by atoms with E-state index in [0.29, 0.717) is 18.1 Å². The van der Waals surface area contributed by atoms with Crippen LogP contribution in [0.1, 0.15) is 44.0 Å². The van der Waals surface area contributed by atoms with E-state index in [0.717, 1.165) is 24.1 Å². The third-order valence-corrected chi connectivity index (χ3v) is 3.74. The molecule has 2 rings (SSSR count). The quantitative estimate of drug-likeness (QED) is 0.820. The number of ether oxygens (including phenoxy) is 1. The van der Waals surface area contributed by atoms with Crippen LogP contribution in [-0.2, 0) is 16.8 Å². The van der Waals surface area contributed by atoms with Gasteiger partial charge in [-0.15, -0.1) is 0 Å². The summed E-state index contributed by atoms with van der Waals surface area (Å²) in [5.74, 6) is 1.21. The molecule has 0 aliphatic carbocycles. The van der Waals surface area contributed by atoms with Gasteiger partial charge in [-0.1, -0.05) is 31.1 Å². The second-order valence-electron chi connectivity index (χ2n) is 4.84. The second-order valence-corrected chi connectivity index (χ2v) is 4.84. The summed E-state index contributed by atoms with van der Waals surface area (Å²) in [6.07, 6.45) is 2.21. The van der Waals surface area contributed by atoms with Crippen LogP contribution in [0.4, 0.5) is 5.69 Å². The van der Waals surface area contributed by atoms with Gasteiger partial charge in [-0.3, -0.25) is 0 Å². The van der Waals surface area contributed by atoms with E-state index in [1.54, 1.807) is 7.11 Å². The molecule has 5 nitrogen and oxygen atoms in total. The number of nitrogen functional groups attached to an aromatic ring is 1. The van der Waals surface area contributed by atoms with E-state index < -0.39 is 5.60 Å². The Morgan fingerprint density at radius 1 is 1.20 bits per heavy atom. The molecule has 2 N–H and O–H groups in total. The molecule has 1 heterocycles. The fourth-order valence-corrected chi connectivity index (χ4v) is 2.27. The van der Waals surface area contributed by atoms with Gasteiger partial charge in [0.2, 0.25) is 11.7 Å². The van der Waals surface area contributed by atoms with Crippen LogP contribution in [0.15, 0.2) is 28.8 Å². The molecule has 1 aromatic carbocycles. The van der Waals surface area contributed by atoms with Gasteiger partial charge in [0.1, 0.15) is 5.60 Å². The first-order valence-electron chi connectivity index (χ1n) is 6.86. The smallest absolute Gasteiger partial charge is 0.231 e. The van der Waals surface area contributed by atoms with Crippen molar-refractivity contribution in [2.24, 2.45) is 0 Å². The Labute approximate surface area is 119 Å². The van der Waals surface area contributed by atoms with Crippen LogP contribution in [0.3, 0.4) is 0 Å². The predicted molar refractivity (Wildman–Crippen MR) is 77.2 cm³/mol. The topological polar surface area (TPSA) is 74.2 Å². The highest BCUT2D eigenvalue weighted by Crippen LogP contribution is 2.30. The van der Waals surface area contributed by atoms with Crippen LogP contribution in [0.25, 0.3) is 0 Å². The molecule has 0 aliphatic heterocycles. The van der Waals surface area contributed by atoms with Crippen molar-refractivity contribution in [1.29, 1.82) is 0 Å². The minimum atomic E-state index is -0.455. The third-order valence-electron chi connectivity index (χ3n) is 3.74. The molecule has 0 spiro atoms. The van der Waals surface area contributed by atoms with Crippen molar-refractivity contribution in [1.82, 2.24) is 10.1 Å². The highest BCUT2D eigenvalue weighted by Gasteiger charge is 2.33. The van der Waals surface area contributed by atoms with Crippen molar-refractivity contribution in [3.8, 4) is 0 Å². The van der Waals surface area contributed by atoms with Gasteiger partial charge in [0.15, 0.2) is 0 Å². The molecule has 0 unspecified atom stereocenters. The standard InChI is InChI=1S/C15H21N3O2/c1-4-15(5-2,19-3)14-17-13(20-18-14)10-11-6-8-12(16)9-7-11/h6-9H,4-5,10,16H2,1-3H3. The molecule has 0 saturated heterocycles. The van der Waals surface area contributed by atoms with Crippen molar-refractivity contribution >= 4 is 5.69 Å². The van der Waals surface area contributed by atoms with E-state index in [1.165, 1.54) is 0 Å². The van der Waals surface area contributed by atoms with Gasteiger partial charge in [-0.05, 0) is 30.5 Å². The average molecular weight is 275 g/mol. The van der Waals surface area contributed by atoms with Crippen molar-refractivity contribution in [2.75, 3.05) is 12.8 Å². The fourth-order valence-electron chi connectivity index (χ4n) is 2.27. The van der Waals surface area contributed by atoms with Crippen LogP contribution < -0.4 is 5.73 Å². The van der Waals surface area contributed by atoms with Gasteiger partial charge in [-0.2, -0.15) is 4.98 Å². The van der Waals surface area contributed by atoms with Crippen LogP contribution in [-0.4, -0.2) is 17.3 Å². The van der Waals surface area contributed by atoms with Crippen molar-refractivity contribution in [3.05, 3.63) is 41.5 Å². The van der Waals surface area contributed by atoms with Crippen LogP contribution >= 0.6 is 0 Å². The summed E-state index contributed by atoms with van der Waals surface area (Å²) in [4.78, 5) is 4.48. The van der Waals surface area contributed by atoms with E-state index in [4.69, 9.17) is 15.0 Å². The van der Waals surface area contributed by atoms with E-state index in [9.17, 15) is 0 Å². The molecule has 5 heteroatoms. The van der Waals surface area contributed by atoms with E-state index in [1.807, 2.05) is 24.3 Å². The number of rotatable bonds is 6. The monoisotopic (exact) mass is 275 g/mol. The lowest BCUT2D eigenvalue weighted by atomic mass is 9.96. The first kappa shape index (κ1) is 14.5. The number of benzene rings is 1. The Morgan fingerprint density at radius 3 is 2.40 bits per heavy atom. The van der Waals surface area contributed by atoms with E-state index in [-0.39, 0.29) is 0 Å². The molecule has 0 saturated carbocycles. The maximum absolute atomic E-state index is 5.67. The average Bonchev–Trinajstić information content (AvgIpc) is 2.93. The fraction of sp³-hybridized carbons (Fsp3) is 0.467. The Bertz CT molecular complexity index is 536. The van der Waals surface area contributed by atoms with Crippen molar-refractivity contribution in [3.63, 3.8) is 0 Å². The zero-order chi connectivity index (χ0) is 14.6. The molecule has 108 valence electrons. The number of nitrogens with two attached hydrogens (primary N) is 1. The van der Waals surface area contributed by atoms with E-state index >= 15 is 0 Å². The van der Waals surface area contributed by atoms with Crippen LogP contribution in [0.2, 0.25) is 0 Å². The van der Waals surface area contributed by atoms with Gasteiger partial charge in [0.05, 0.1) is 6.42 Å². The molecule has 0 amide bonds. The minimum Gasteiger partial charge on any atom is -0.399 e. The molecule has 1 aromatic heterocycles. The summed E-state index contributed by atoms with van der Waals surface area (Å²) in [7, 11) is 1.68. The summed E-state index contributed by atoms with van der Waals surface area (Å²) < 4.78 is 10.9. The summed E-state index contributed by atoms with van der Waals surface area (Å²) >= 11 is 0. The lowest BCUT2D eigenvalue weighted by Crippen LogP contribution is -2.28. The lowest BCUT2D eigenvalue weighted by Gasteiger charge is -2.25. The molecule has 2 aromatic rings. The molecule has 0 fully saturated rings. The lowest BCUT2D eigenvalue weighted by molar-refractivity contribution is -0.0306. The highest BCUT2D eigenvalue weighted by atomic mass is 16.5. The van der Waals surface area contributed by atoms with Crippen molar-refractivity contribution in [2.45, 2.75) is 38.7 Å². The number of anilines is 1. The van der Waals surface area contributed by atoms with Gasteiger partial charge in [-0.25, -0.2) is 0 Å². The highest BCUT2D eigenvalue weighted by molar-refractivity contribution is 5.39. The van der Waals surface area contributed by atoms with E-state index in [2.05, 4.69) is 24.0 Å². The third kappa shape index (κ3) is 2.82. The number of hydrogen-bond acceptors (Lipinski definition) is 5. The molecule has 20 heavy (non-hydrogen) atoms. The maximum atomic E-state index is 5.67. The number of methoxy groups -OCH3 is 1. The van der Waals surface area contributed by atoms with Crippen LogP contribution in [0.5, 0.6) is 0 Å². The van der Waals surface area contributed by atoms with Gasteiger partial charge < -0.3 is 15.0 Å². The largest absolute Gasteiger partial charge is 0.399 e. The molecular weight excluding hydrogens is 254 g/mol. The Balaban J connectivity index is 2.18. The molecule has 0 atom stereocenters. The van der Waals surface area contributed by atoms with Gasteiger partial charge in [0.25, 0.3) is 0 Å². The van der Waals surface area contributed by atoms with Crippen LogP contribution in [0, 0.1) is 0 Å². The zero-order valence-electron chi connectivity index (χ0n) is 12.2. The van der Waals surface area contributed by atoms with Crippen molar-refractivity contribution < 1.29 is 9.26 Å². The van der Waals surface area contributed by atoms with Gasteiger partial charge in [0, 0.05) is 12.8 Å².